The molecule has 1 heterocycles. The van der Waals surface area contributed by atoms with Crippen molar-refractivity contribution >= 4 is 21.7 Å². The summed E-state index contributed by atoms with van der Waals surface area (Å²) in [5.41, 5.74) is 7.77. The SMILES string of the molecule is CCn1ncc(Br)c1C(=O)c1ccc(CN)cc1. The van der Waals surface area contributed by atoms with Crippen molar-refractivity contribution in [3.63, 3.8) is 0 Å². The van der Waals surface area contributed by atoms with Gasteiger partial charge in [-0.1, -0.05) is 24.3 Å². The van der Waals surface area contributed by atoms with Crippen LogP contribution in [0.25, 0.3) is 0 Å². The number of hydrogen-bond donors (Lipinski definition) is 1. The molecule has 0 aliphatic carbocycles. The zero-order valence-corrected chi connectivity index (χ0v) is 11.6. The molecule has 0 amide bonds. The number of nitrogens with two attached hydrogens (primary N) is 1. The smallest absolute Gasteiger partial charge is 0.212 e. The molecule has 5 heteroatoms. The Morgan fingerprint density at radius 2 is 2.06 bits per heavy atom. The Bertz CT molecular complexity index is 560. The maximum absolute atomic E-state index is 12.4. The lowest BCUT2D eigenvalue weighted by Gasteiger charge is -2.05. The van der Waals surface area contributed by atoms with E-state index in [-0.39, 0.29) is 5.78 Å². The summed E-state index contributed by atoms with van der Waals surface area (Å²) in [6, 6.07) is 7.33. The van der Waals surface area contributed by atoms with Gasteiger partial charge in [-0.2, -0.15) is 5.10 Å². The van der Waals surface area contributed by atoms with Crippen LogP contribution in [0.4, 0.5) is 0 Å². The van der Waals surface area contributed by atoms with Crippen LogP contribution in [0.5, 0.6) is 0 Å². The van der Waals surface area contributed by atoms with Gasteiger partial charge in [0.25, 0.3) is 0 Å². The molecule has 2 N–H and O–H groups in total. The molecular formula is C13H14BrN3O. The van der Waals surface area contributed by atoms with E-state index in [0.29, 0.717) is 24.3 Å². The van der Waals surface area contributed by atoms with E-state index in [1.54, 1.807) is 23.0 Å². The maximum Gasteiger partial charge on any atom is 0.212 e. The molecular weight excluding hydrogens is 294 g/mol. The Kier molecular flexibility index (Phi) is 3.93. The molecule has 2 rings (SSSR count). The van der Waals surface area contributed by atoms with Crippen LogP contribution in [-0.2, 0) is 13.1 Å². The van der Waals surface area contributed by atoms with Crippen molar-refractivity contribution in [2.45, 2.75) is 20.0 Å². The van der Waals surface area contributed by atoms with Crippen molar-refractivity contribution in [2.24, 2.45) is 5.73 Å². The average Bonchev–Trinajstić information content (AvgIpc) is 2.79. The van der Waals surface area contributed by atoms with Crippen molar-refractivity contribution in [1.82, 2.24) is 9.78 Å². The molecule has 0 bridgehead atoms. The maximum atomic E-state index is 12.4. The summed E-state index contributed by atoms with van der Waals surface area (Å²) in [6.45, 7) is 3.09. The van der Waals surface area contributed by atoms with Crippen LogP contribution in [-0.4, -0.2) is 15.6 Å². The Morgan fingerprint density at radius 1 is 1.39 bits per heavy atom. The molecule has 0 aliphatic rings. The number of nitrogens with zero attached hydrogens (tertiary/aromatic N) is 2. The summed E-state index contributed by atoms with van der Waals surface area (Å²) in [4.78, 5) is 12.4. The number of aromatic nitrogens is 2. The summed E-state index contributed by atoms with van der Waals surface area (Å²) in [5.74, 6) is -0.0372. The summed E-state index contributed by atoms with van der Waals surface area (Å²) < 4.78 is 2.40. The van der Waals surface area contributed by atoms with Gasteiger partial charge in [0, 0.05) is 18.7 Å². The van der Waals surface area contributed by atoms with Gasteiger partial charge in [0.2, 0.25) is 5.78 Å². The van der Waals surface area contributed by atoms with E-state index in [0.717, 1.165) is 10.0 Å². The third-order valence-corrected chi connectivity index (χ3v) is 3.34. The van der Waals surface area contributed by atoms with Crippen LogP contribution < -0.4 is 5.73 Å². The molecule has 0 atom stereocenters. The van der Waals surface area contributed by atoms with Gasteiger partial charge < -0.3 is 5.73 Å². The molecule has 0 aliphatic heterocycles. The van der Waals surface area contributed by atoms with Crippen LogP contribution in [0.2, 0.25) is 0 Å². The van der Waals surface area contributed by atoms with Crippen molar-refractivity contribution in [3.8, 4) is 0 Å². The summed E-state index contributed by atoms with van der Waals surface area (Å²) in [6.07, 6.45) is 1.64. The predicted molar refractivity (Wildman–Crippen MR) is 73.4 cm³/mol. The van der Waals surface area contributed by atoms with Gasteiger partial charge in [0.1, 0.15) is 5.69 Å². The van der Waals surface area contributed by atoms with Crippen LogP contribution in [0, 0.1) is 0 Å². The number of hydrogen-bond acceptors (Lipinski definition) is 3. The highest BCUT2D eigenvalue weighted by molar-refractivity contribution is 9.10. The van der Waals surface area contributed by atoms with E-state index in [4.69, 9.17) is 5.73 Å². The van der Waals surface area contributed by atoms with Crippen LogP contribution in [0.1, 0.15) is 28.5 Å². The monoisotopic (exact) mass is 307 g/mol. The van der Waals surface area contributed by atoms with E-state index < -0.39 is 0 Å². The number of carbonyl (C=O) groups is 1. The second-order valence-corrected chi connectivity index (χ2v) is 4.74. The number of ketones is 1. The van der Waals surface area contributed by atoms with Gasteiger partial charge in [-0.15, -0.1) is 0 Å². The lowest BCUT2D eigenvalue weighted by atomic mass is 10.1. The number of rotatable bonds is 4. The highest BCUT2D eigenvalue weighted by Gasteiger charge is 2.17. The Labute approximate surface area is 114 Å². The molecule has 0 saturated carbocycles. The number of carbonyl (C=O) groups excluding carboxylic acids is 1. The van der Waals surface area contributed by atoms with Gasteiger partial charge in [-0.25, -0.2) is 0 Å². The standard InChI is InChI=1S/C13H14BrN3O/c1-2-17-12(11(14)8-16-17)13(18)10-5-3-9(7-15)4-6-10/h3-6,8H,2,7,15H2,1H3. The Morgan fingerprint density at radius 3 is 2.61 bits per heavy atom. The zero-order valence-electron chi connectivity index (χ0n) is 10.1. The highest BCUT2D eigenvalue weighted by atomic mass is 79.9. The largest absolute Gasteiger partial charge is 0.326 e. The molecule has 94 valence electrons. The van der Waals surface area contributed by atoms with Gasteiger partial charge >= 0.3 is 0 Å². The molecule has 0 unspecified atom stereocenters. The quantitative estimate of drug-likeness (QED) is 0.882. The first kappa shape index (κ1) is 13.0. The molecule has 1 aromatic heterocycles. The fourth-order valence-electron chi connectivity index (χ4n) is 1.76. The van der Waals surface area contributed by atoms with Gasteiger partial charge in [0.05, 0.1) is 10.7 Å². The van der Waals surface area contributed by atoms with Crippen LogP contribution >= 0.6 is 15.9 Å². The molecule has 0 fully saturated rings. The first-order valence-electron chi connectivity index (χ1n) is 5.72. The summed E-state index contributed by atoms with van der Waals surface area (Å²) in [7, 11) is 0. The molecule has 0 saturated heterocycles. The van der Waals surface area contributed by atoms with E-state index in [1.165, 1.54) is 0 Å². The average molecular weight is 308 g/mol. The van der Waals surface area contributed by atoms with E-state index >= 15 is 0 Å². The third-order valence-electron chi connectivity index (χ3n) is 2.76. The third kappa shape index (κ3) is 2.37. The van der Waals surface area contributed by atoms with Crippen LogP contribution in [0.15, 0.2) is 34.9 Å². The van der Waals surface area contributed by atoms with Crippen molar-refractivity contribution in [1.29, 1.82) is 0 Å². The van der Waals surface area contributed by atoms with Crippen LogP contribution in [0.3, 0.4) is 0 Å². The lowest BCUT2D eigenvalue weighted by molar-refractivity contribution is 0.102. The second kappa shape index (κ2) is 5.46. The number of halogens is 1. The molecule has 0 spiro atoms. The number of benzene rings is 1. The second-order valence-electron chi connectivity index (χ2n) is 3.89. The Balaban J connectivity index is 2.38. The normalized spacial score (nSPS) is 10.6. The fraction of sp³-hybridized carbons (Fsp3) is 0.231. The van der Waals surface area contributed by atoms with Gasteiger partial charge in [0.15, 0.2) is 0 Å². The van der Waals surface area contributed by atoms with Gasteiger partial charge in [-0.05, 0) is 28.4 Å². The summed E-state index contributed by atoms with van der Waals surface area (Å²) in [5, 5.41) is 4.14. The first-order chi connectivity index (χ1) is 8.67. The minimum atomic E-state index is -0.0372. The van der Waals surface area contributed by atoms with Crippen molar-refractivity contribution in [3.05, 3.63) is 51.8 Å². The molecule has 2 aromatic rings. The van der Waals surface area contributed by atoms with E-state index in [2.05, 4.69) is 21.0 Å². The van der Waals surface area contributed by atoms with Crippen molar-refractivity contribution in [2.75, 3.05) is 0 Å². The Hall–Kier alpha value is -1.46. The van der Waals surface area contributed by atoms with Gasteiger partial charge in [-0.3, -0.25) is 9.48 Å². The predicted octanol–water partition coefficient (Wildman–Crippen LogP) is 2.36. The minimum absolute atomic E-state index is 0.0372. The molecule has 1 aromatic carbocycles. The zero-order chi connectivity index (χ0) is 13.1. The first-order valence-corrected chi connectivity index (χ1v) is 6.51. The molecule has 4 nitrogen and oxygen atoms in total. The molecule has 0 radical (unpaired) electrons. The highest BCUT2D eigenvalue weighted by Crippen LogP contribution is 2.20. The van der Waals surface area contributed by atoms with E-state index in [1.807, 2.05) is 19.1 Å². The fourth-order valence-corrected chi connectivity index (χ4v) is 2.23. The van der Waals surface area contributed by atoms with E-state index in [9.17, 15) is 4.79 Å². The lowest BCUT2D eigenvalue weighted by Crippen LogP contribution is -2.11. The molecule has 18 heavy (non-hydrogen) atoms. The summed E-state index contributed by atoms with van der Waals surface area (Å²) >= 11 is 3.36. The topological polar surface area (TPSA) is 60.9 Å². The number of aryl methyl sites for hydroxylation is 1. The minimum Gasteiger partial charge on any atom is -0.326 e. The van der Waals surface area contributed by atoms with Crippen molar-refractivity contribution < 1.29 is 4.79 Å².